The highest BCUT2D eigenvalue weighted by atomic mass is 127. The number of nitrogens with one attached hydrogen (secondary N) is 1. The molecule has 1 unspecified atom stereocenters. The van der Waals surface area contributed by atoms with Gasteiger partial charge < -0.3 is 16.0 Å². The molecule has 1 aromatic carbocycles. The van der Waals surface area contributed by atoms with Crippen molar-refractivity contribution in [3.63, 3.8) is 0 Å². The Morgan fingerprint density at radius 3 is 2.50 bits per heavy atom. The van der Waals surface area contributed by atoms with Crippen LogP contribution in [-0.2, 0) is 11.3 Å². The van der Waals surface area contributed by atoms with Gasteiger partial charge >= 0.3 is 0 Å². The van der Waals surface area contributed by atoms with Gasteiger partial charge in [-0.15, -0.1) is 24.0 Å². The van der Waals surface area contributed by atoms with Gasteiger partial charge in [-0.2, -0.15) is 0 Å². The Balaban J connectivity index is 0.00000320. The Morgan fingerprint density at radius 2 is 1.83 bits per heavy atom. The largest absolute Gasteiger partial charge is 0.370 e. The summed E-state index contributed by atoms with van der Waals surface area (Å²) in [4.78, 5) is 23.0. The van der Waals surface area contributed by atoms with E-state index < -0.39 is 0 Å². The highest BCUT2D eigenvalue weighted by Crippen LogP contribution is 2.19. The number of primary amides is 1. The maximum Gasteiger partial charge on any atom is 0.217 e. The molecule has 1 atom stereocenters. The number of rotatable bonds is 7. The summed E-state index contributed by atoms with van der Waals surface area (Å²) in [7, 11) is 1.84. The first kappa shape index (κ1) is 24.9. The Hall–Kier alpha value is -1.39. The lowest BCUT2D eigenvalue weighted by molar-refractivity contribution is -0.119. The molecule has 1 aromatic rings. The predicted octanol–water partition coefficient (Wildman–Crippen LogP) is 1.58. The van der Waals surface area contributed by atoms with Crippen molar-refractivity contribution in [2.24, 2.45) is 16.6 Å². The van der Waals surface area contributed by atoms with E-state index in [4.69, 9.17) is 5.73 Å². The van der Waals surface area contributed by atoms with Crippen molar-refractivity contribution in [3.05, 3.63) is 35.9 Å². The summed E-state index contributed by atoms with van der Waals surface area (Å²) in [6.07, 6.45) is 2.63. The number of amides is 1. The van der Waals surface area contributed by atoms with Crippen LogP contribution in [-0.4, -0.2) is 86.0 Å². The fraction of sp³-hybridized carbons (Fsp3) is 0.636. The first-order valence-electron chi connectivity index (χ1n) is 10.9. The number of piperidine rings is 1. The van der Waals surface area contributed by atoms with Crippen LogP contribution in [0.2, 0.25) is 0 Å². The van der Waals surface area contributed by atoms with Crippen LogP contribution in [0.25, 0.3) is 0 Å². The molecule has 2 aliphatic heterocycles. The third-order valence-electron chi connectivity index (χ3n) is 5.95. The van der Waals surface area contributed by atoms with E-state index >= 15 is 0 Å². The number of halogens is 1. The van der Waals surface area contributed by atoms with Crippen LogP contribution in [0.1, 0.15) is 24.8 Å². The molecule has 2 fully saturated rings. The molecule has 8 heteroatoms. The number of carbonyl (C=O) groups excluding carboxylic acids is 1. The highest BCUT2D eigenvalue weighted by Gasteiger charge is 2.23. The van der Waals surface area contributed by atoms with Crippen LogP contribution in [0.15, 0.2) is 35.3 Å². The molecular weight excluding hydrogens is 491 g/mol. The number of nitrogens with zero attached hydrogens (tertiary/aromatic N) is 4. The van der Waals surface area contributed by atoms with E-state index in [0.29, 0.717) is 12.3 Å². The number of carbonyl (C=O) groups is 1. The quantitative estimate of drug-likeness (QED) is 0.320. The SMILES string of the molecule is CN=C(NCCN1CCN(Cc2ccccc2)CC1)N1CCCC(CC(N)=O)C1.I. The van der Waals surface area contributed by atoms with Crippen molar-refractivity contribution in [2.45, 2.75) is 25.8 Å². The number of hydrogen-bond donors (Lipinski definition) is 2. The molecule has 7 nitrogen and oxygen atoms in total. The second-order valence-electron chi connectivity index (χ2n) is 8.20. The van der Waals surface area contributed by atoms with Crippen molar-refractivity contribution in [2.75, 3.05) is 59.4 Å². The molecule has 168 valence electrons. The average molecular weight is 528 g/mol. The lowest BCUT2D eigenvalue weighted by Gasteiger charge is -2.36. The first-order chi connectivity index (χ1) is 14.1. The van der Waals surface area contributed by atoms with Gasteiger partial charge in [0.1, 0.15) is 0 Å². The van der Waals surface area contributed by atoms with Crippen molar-refractivity contribution in [3.8, 4) is 0 Å². The average Bonchev–Trinajstić information content (AvgIpc) is 2.73. The van der Waals surface area contributed by atoms with Crippen LogP contribution >= 0.6 is 24.0 Å². The molecular formula is C22H37IN6O. The fourth-order valence-corrected chi connectivity index (χ4v) is 4.38. The van der Waals surface area contributed by atoms with Crippen LogP contribution in [0, 0.1) is 5.92 Å². The molecule has 2 saturated heterocycles. The maximum absolute atomic E-state index is 11.2. The van der Waals surface area contributed by atoms with E-state index in [2.05, 4.69) is 55.3 Å². The summed E-state index contributed by atoms with van der Waals surface area (Å²) >= 11 is 0. The number of likely N-dealkylation sites (tertiary alicyclic amines) is 1. The molecule has 0 radical (unpaired) electrons. The molecule has 0 aliphatic carbocycles. The van der Waals surface area contributed by atoms with Crippen molar-refractivity contribution in [1.29, 1.82) is 0 Å². The number of piperazine rings is 1. The Kier molecular flexibility index (Phi) is 10.9. The zero-order chi connectivity index (χ0) is 20.5. The van der Waals surface area contributed by atoms with Crippen LogP contribution in [0.4, 0.5) is 0 Å². The van der Waals surface area contributed by atoms with Gasteiger partial charge in [0.15, 0.2) is 5.96 Å². The van der Waals surface area contributed by atoms with E-state index in [1.807, 2.05) is 7.05 Å². The van der Waals surface area contributed by atoms with E-state index in [1.165, 1.54) is 5.56 Å². The summed E-state index contributed by atoms with van der Waals surface area (Å²) in [5, 5.41) is 3.52. The monoisotopic (exact) mass is 528 g/mol. The van der Waals surface area contributed by atoms with Gasteiger partial charge in [-0.25, -0.2) is 0 Å². The van der Waals surface area contributed by atoms with E-state index in [1.54, 1.807) is 0 Å². The molecule has 30 heavy (non-hydrogen) atoms. The second kappa shape index (κ2) is 13.1. The van der Waals surface area contributed by atoms with Gasteiger partial charge in [0.2, 0.25) is 5.91 Å². The summed E-state index contributed by atoms with van der Waals surface area (Å²) in [6.45, 7) is 9.26. The summed E-state index contributed by atoms with van der Waals surface area (Å²) < 4.78 is 0. The minimum absolute atomic E-state index is 0. The third kappa shape index (κ3) is 8.03. The van der Waals surface area contributed by atoms with E-state index in [-0.39, 0.29) is 29.9 Å². The van der Waals surface area contributed by atoms with Crippen molar-refractivity contribution < 1.29 is 4.79 Å². The van der Waals surface area contributed by atoms with Gasteiger partial charge in [-0.05, 0) is 24.3 Å². The Labute approximate surface area is 198 Å². The lowest BCUT2D eigenvalue weighted by Crippen LogP contribution is -2.51. The molecule has 0 spiro atoms. The fourth-order valence-electron chi connectivity index (χ4n) is 4.38. The summed E-state index contributed by atoms with van der Waals surface area (Å²) in [5.41, 5.74) is 6.77. The van der Waals surface area contributed by atoms with Gasteiger partial charge in [0.05, 0.1) is 0 Å². The van der Waals surface area contributed by atoms with Gasteiger partial charge in [0, 0.05) is 72.4 Å². The smallest absolute Gasteiger partial charge is 0.217 e. The molecule has 2 aliphatic rings. The normalized spacial score (nSPS) is 21.2. The lowest BCUT2D eigenvalue weighted by atomic mass is 9.95. The topological polar surface area (TPSA) is 77.2 Å². The zero-order valence-corrected chi connectivity index (χ0v) is 20.5. The van der Waals surface area contributed by atoms with Crippen LogP contribution in [0.3, 0.4) is 0 Å². The van der Waals surface area contributed by atoms with Gasteiger partial charge in [-0.1, -0.05) is 30.3 Å². The molecule has 2 heterocycles. The first-order valence-corrected chi connectivity index (χ1v) is 10.9. The van der Waals surface area contributed by atoms with E-state index in [0.717, 1.165) is 77.7 Å². The minimum atomic E-state index is -0.203. The Bertz CT molecular complexity index is 663. The molecule has 0 saturated carbocycles. The highest BCUT2D eigenvalue weighted by molar-refractivity contribution is 14.0. The van der Waals surface area contributed by atoms with Gasteiger partial charge in [0.25, 0.3) is 0 Å². The van der Waals surface area contributed by atoms with Gasteiger partial charge in [-0.3, -0.25) is 19.6 Å². The van der Waals surface area contributed by atoms with Crippen molar-refractivity contribution >= 4 is 35.8 Å². The number of aliphatic imine (C=N–C) groups is 1. The second-order valence-corrected chi connectivity index (χ2v) is 8.20. The zero-order valence-electron chi connectivity index (χ0n) is 18.1. The molecule has 0 bridgehead atoms. The minimum Gasteiger partial charge on any atom is -0.370 e. The maximum atomic E-state index is 11.2. The molecule has 0 aromatic heterocycles. The number of nitrogens with two attached hydrogens (primary N) is 1. The van der Waals surface area contributed by atoms with Crippen LogP contribution < -0.4 is 11.1 Å². The molecule has 1 amide bonds. The third-order valence-corrected chi connectivity index (χ3v) is 5.95. The standard InChI is InChI=1S/C22H36N6O.HI/c1-24-22(28-10-5-8-20(18-28)16-21(23)29)25-9-11-26-12-14-27(15-13-26)17-19-6-3-2-4-7-19;/h2-4,6-7,20H,5,8-18H2,1H3,(H2,23,29)(H,24,25);1H. The van der Waals surface area contributed by atoms with E-state index in [9.17, 15) is 4.79 Å². The van der Waals surface area contributed by atoms with Crippen molar-refractivity contribution in [1.82, 2.24) is 20.0 Å². The molecule has 3 rings (SSSR count). The summed E-state index contributed by atoms with van der Waals surface area (Å²) in [6, 6.07) is 10.7. The number of benzene rings is 1. The molecule has 3 N–H and O–H groups in total. The number of hydrogen-bond acceptors (Lipinski definition) is 4. The Morgan fingerprint density at radius 1 is 1.13 bits per heavy atom. The predicted molar refractivity (Wildman–Crippen MR) is 133 cm³/mol. The number of guanidine groups is 1. The summed E-state index contributed by atoms with van der Waals surface area (Å²) in [5.74, 6) is 1.09. The van der Waals surface area contributed by atoms with Crippen LogP contribution in [0.5, 0.6) is 0 Å².